The largest absolute Gasteiger partial charge is 0.379 e. The van der Waals surface area contributed by atoms with Gasteiger partial charge in [0.05, 0.1) is 13.2 Å². The van der Waals surface area contributed by atoms with Gasteiger partial charge in [0.15, 0.2) is 0 Å². The Labute approximate surface area is 156 Å². The second kappa shape index (κ2) is 8.48. The molecule has 0 aromatic heterocycles. The summed E-state index contributed by atoms with van der Waals surface area (Å²) >= 11 is 0. The number of nitrogens with one attached hydrogen (secondary N) is 1. The van der Waals surface area contributed by atoms with Crippen molar-refractivity contribution in [3.05, 3.63) is 35.4 Å². The first-order valence-electron chi connectivity index (χ1n) is 9.93. The van der Waals surface area contributed by atoms with Gasteiger partial charge in [-0.1, -0.05) is 12.1 Å². The zero-order valence-corrected chi connectivity index (χ0v) is 15.5. The van der Waals surface area contributed by atoms with Gasteiger partial charge in [0.1, 0.15) is 0 Å². The number of hydrogen-bond donors (Lipinski definition) is 1. The third-order valence-electron chi connectivity index (χ3n) is 5.80. The van der Waals surface area contributed by atoms with E-state index in [2.05, 4.69) is 27.2 Å². The molecule has 1 unspecified atom stereocenters. The Kier molecular flexibility index (Phi) is 5.84. The van der Waals surface area contributed by atoms with Crippen LogP contribution in [0.25, 0.3) is 0 Å². The summed E-state index contributed by atoms with van der Waals surface area (Å²) in [6.07, 6.45) is 1.10. The van der Waals surface area contributed by atoms with Gasteiger partial charge in [-0.2, -0.15) is 0 Å². The van der Waals surface area contributed by atoms with E-state index in [-0.39, 0.29) is 5.91 Å². The van der Waals surface area contributed by atoms with Crippen LogP contribution in [0.1, 0.15) is 22.3 Å². The van der Waals surface area contributed by atoms with Crippen molar-refractivity contribution in [1.29, 1.82) is 0 Å². The molecule has 1 aromatic carbocycles. The molecule has 3 aliphatic heterocycles. The van der Waals surface area contributed by atoms with Crippen LogP contribution in [-0.2, 0) is 11.3 Å². The van der Waals surface area contributed by atoms with Crippen LogP contribution in [0.3, 0.4) is 0 Å². The average molecular weight is 358 g/mol. The van der Waals surface area contributed by atoms with Gasteiger partial charge in [0, 0.05) is 70.5 Å². The van der Waals surface area contributed by atoms with Crippen LogP contribution in [0.4, 0.5) is 0 Å². The molecule has 26 heavy (non-hydrogen) atoms. The van der Waals surface area contributed by atoms with Gasteiger partial charge in [0.25, 0.3) is 5.91 Å². The number of likely N-dealkylation sites (tertiary alicyclic amines) is 1. The lowest BCUT2D eigenvalue weighted by Gasteiger charge is -2.32. The molecule has 1 N–H and O–H groups in total. The summed E-state index contributed by atoms with van der Waals surface area (Å²) in [5, 5.41) is 3.40. The number of carbonyl (C=O) groups excluding carboxylic acids is 1. The molecule has 0 saturated carbocycles. The first kappa shape index (κ1) is 17.9. The van der Waals surface area contributed by atoms with E-state index >= 15 is 0 Å². The average Bonchev–Trinajstić information content (AvgIpc) is 3.19. The smallest absolute Gasteiger partial charge is 0.253 e. The highest BCUT2D eigenvalue weighted by Crippen LogP contribution is 2.19. The molecule has 1 aromatic rings. The van der Waals surface area contributed by atoms with Crippen LogP contribution in [0, 0.1) is 0 Å². The molecule has 0 radical (unpaired) electrons. The Balaban J connectivity index is 1.36. The SMILES string of the molecule is O=C(c1cccc(CN2CCOCC2)c1)N1CCC(N2CCNCC2)C1. The third kappa shape index (κ3) is 4.26. The summed E-state index contributed by atoms with van der Waals surface area (Å²) in [7, 11) is 0. The molecule has 3 saturated heterocycles. The Bertz CT molecular complexity index is 612. The van der Waals surface area contributed by atoms with E-state index in [1.165, 1.54) is 5.56 Å². The van der Waals surface area contributed by atoms with Gasteiger partial charge < -0.3 is 15.0 Å². The highest BCUT2D eigenvalue weighted by atomic mass is 16.5. The minimum Gasteiger partial charge on any atom is -0.379 e. The summed E-state index contributed by atoms with van der Waals surface area (Å²) in [5.74, 6) is 0.187. The number of ether oxygens (including phenoxy) is 1. The summed E-state index contributed by atoms with van der Waals surface area (Å²) in [5.41, 5.74) is 2.05. The van der Waals surface area contributed by atoms with Crippen molar-refractivity contribution in [3.63, 3.8) is 0 Å². The molecule has 3 aliphatic rings. The van der Waals surface area contributed by atoms with E-state index in [1.54, 1.807) is 0 Å². The number of rotatable bonds is 4. The normalized spacial score (nSPS) is 25.5. The van der Waals surface area contributed by atoms with Gasteiger partial charge in [-0.25, -0.2) is 0 Å². The summed E-state index contributed by atoms with van der Waals surface area (Å²) in [6, 6.07) is 8.71. The van der Waals surface area contributed by atoms with Crippen molar-refractivity contribution in [1.82, 2.24) is 20.0 Å². The van der Waals surface area contributed by atoms with Crippen LogP contribution in [0.15, 0.2) is 24.3 Å². The maximum Gasteiger partial charge on any atom is 0.253 e. The molecule has 0 aliphatic carbocycles. The molecule has 0 bridgehead atoms. The molecular formula is C20H30N4O2. The van der Waals surface area contributed by atoms with Crippen molar-refractivity contribution >= 4 is 5.91 Å². The molecule has 6 nitrogen and oxygen atoms in total. The second-order valence-electron chi connectivity index (χ2n) is 7.57. The summed E-state index contributed by atoms with van der Waals surface area (Å²) in [4.78, 5) is 20.0. The minimum atomic E-state index is 0.187. The Morgan fingerprint density at radius 1 is 1.12 bits per heavy atom. The lowest BCUT2D eigenvalue weighted by Crippen LogP contribution is -2.49. The van der Waals surface area contributed by atoms with Crippen LogP contribution in [0.5, 0.6) is 0 Å². The zero-order valence-electron chi connectivity index (χ0n) is 15.5. The number of benzene rings is 1. The Hall–Kier alpha value is -1.47. The molecule has 1 atom stereocenters. The third-order valence-corrected chi connectivity index (χ3v) is 5.80. The predicted octanol–water partition coefficient (Wildman–Crippen LogP) is 0.639. The molecule has 4 rings (SSSR count). The fourth-order valence-corrected chi connectivity index (χ4v) is 4.27. The van der Waals surface area contributed by atoms with Crippen LogP contribution < -0.4 is 5.32 Å². The van der Waals surface area contributed by atoms with Crippen molar-refractivity contribution in [2.24, 2.45) is 0 Å². The highest BCUT2D eigenvalue weighted by molar-refractivity contribution is 5.94. The van der Waals surface area contributed by atoms with E-state index in [1.807, 2.05) is 17.0 Å². The van der Waals surface area contributed by atoms with Gasteiger partial charge in [-0.05, 0) is 24.1 Å². The van der Waals surface area contributed by atoms with Gasteiger partial charge in [0.2, 0.25) is 0 Å². The molecule has 3 fully saturated rings. The highest BCUT2D eigenvalue weighted by Gasteiger charge is 2.31. The van der Waals surface area contributed by atoms with Crippen molar-refractivity contribution in [2.75, 3.05) is 65.6 Å². The molecule has 0 spiro atoms. The van der Waals surface area contributed by atoms with Gasteiger partial charge in [-0.3, -0.25) is 14.6 Å². The first-order valence-corrected chi connectivity index (χ1v) is 9.93. The monoisotopic (exact) mass is 358 g/mol. The lowest BCUT2D eigenvalue weighted by atomic mass is 10.1. The Morgan fingerprint density at radius 2 is 1.92 bits per heavy atom. The Morgan fingerprint density at radius 3 is 2.73 bits per heavy atom. The van der Waals surface area contributed by atoms with Crippen molar-refractivity contribution in [3.8, 4) is 0 Å². The standard InChI is InChI=1S/C20H30N4O2/c25-20(24-7-4-19(16-24)23-8-5-21-6-9-23)18-3-1-2-17(14-18)15-22-10-12-26-13-11-22/h1-3,14,19,21H,4-13,15-16H2. The lowest BCUT2D eigenvalue weighted by molar-refractivity contribution is 0.0341. The molecule has 1 amide bonds. The molecule has 3 heterocycles. The molecule has 142 valence electrons. The van der Waals surface area contributed by atoms with Gasteiger partial charge in [-0.15, -0.1) is 0 Å². The number of carbonyl (C=O) groups is 1. The summed E-state index contributed by atoms with van der Waals surface area (Å²) < 4.78 is 5.42. The van der Waals surface area contributed by atoms with Gasteiger partial charge >= 0.3 is 0 Å². The number of hydrogen-bond acceptors (Lipinski definition) is 5. The topological polar surface area (TPSA) is 48.1 Å². The zero-order chi connectivity index (χ0) is 17.8. The summed E-state index contributed by atoms with van der Waals surface area (Å²) in [6.45, 7) is 10.5. The number of nitrogens with zero attached hydrogens (tertiary/aromatic N) is 3. The van der Waals surface area contributed by atoms with Crippen molar-refractivity contribution < 1.29 is 9.53 Å². The molecule has 6 heteroatoms. The van der Waals surface area contributed by atoms with E-state index in [4.69, 9.17) is 4.74 Å². The van der Waals surface area contributed by atoms with Crippen LogP contribution in [0.2, 0.25) is 0 Å². The van der Waals surface area contributed by atoms with E-state index in [0.717, 1.165) is 84.1 Å². The number of amides is 1. The van der Waals surface area contributed by atoms with Crippen molar-refractivity contribution in [2.45, 2.75) is 19.0 Å². The first-order chi connectivity index (χ1) is 12.8. The van der Waals surface area contributed by atoms with Crippen LogP contribution >= 0.6 is 0 Å². The number of morpholine rings is 1. The number of piperazine rings is 1. The van der Waals surface area contributed by atoms with Crippen LogP contribution in [-0.4, -0.2) is 92.2 Å². The molecular weight excluding hydrogens is 328 g/mol. The predicted molar refractivity (Wildman–Crippen MR) is 101 cm³/mol. The van der Waals surface area contributed by atoms with E-state index < -0.39 is 0 Å². The quantitative estimate of drug-likeness (QED) is 0.856. The minimum absolute atomic E-state index is 0.187. The second-order valence-corrected chi connectivity index (χ2v) is 7.57. The van der Waals surface area contributed by atoms with E-state index in [9.17, 15) is 4.79 Å². The maximum atomic E-state index is 13.0. The maximum absolute atomic E-state index is 13.0. The van der Waals surface area contributed by atoms with E-state index in [0.29, 0.717) is 6.04 Å². The fourth-order valence-electron chi connectivity index (χ4n) is 4.27. The fraction of sp³-hybridized carbons (Fsp3) is 0.650.